The van der Waals surface area contributed by atoms with Crippen LogP contribution in [-0.4, -0.2) is 42.7 Å². The van der Waals surface area contributed by atoms with E-state index in [0.717, 1.165) is 43.9 Å². The second-order valence-electron chi connectivity index (χ2n) is 6.02. The van der Waals surface area contributed by atoms with Crippen LogP contribution in [0, 0.1) is 0 Å². The number of likely N-dealkylation sites (tertiary alicyclic amines) is 1. The van der Waals surface area contributed by atoms with Gasteiger partial charge in [0, 0.05) is 42.6 Å². The topological polar surface area (TPSA) is 62.6 Å². The first-order valence-corrected chi connectivity index (χ1v) is 7.79. The zero-order chi connectivity index (χ0) is 14.9. The van der Waals surface area contributed by atoms with Gasteiger partial charge in [0.15, 0.2) is 5.65 Å². The highest BCUT2D eigenvalue weighted by Crippen LogP contribution is 2.31. The molecule has 1 N–H and O–H groups in total. The van der Waals surface area contributed by atoms with Crippen LogP contribution in [0.15, 0.2) is 30.7 Å². The lowest BCUT2D eigenvalue weighted by molar-refractivity contribution is 0.197. The van der Waals surface area contributed by atoms with Crippen molar-refractivity contribution >= 4 is 11.0 Å². The molecule has 22 heavy (non-hydrogen) atoms. The molecule has 0 unspecified atom stereocenters. The molecule has 0 aromatic carbocycles. The number of imidazole rings is 1. The van der Waals surface area contributed by atoms with Crippen molar-refractivity contribution in [2.24, 2.45) is 7.05 Å². The molecular weight excluding hydrogens is 276 g/mol. The molecule has 6 heteroatoms. The number of aryl methyl sites for hydroxylation is 1. The van der Waals surface area contributed by atoms with E-state index >= 15 is 0 Å². The van der Waals surface area contributed by atoms with E-state index in [-0.39, 0.29) is 0 Å². The van der Waals surface area contributed by atoms with Gasteiger partial charge in [0.2, 0.25) is 0 Å². The number of pyridine rings is 1. The Labute approximate surface area is 129 Å². The summed E-state index contributed by atoms with van der Waals surface area (Å²) in [6.45, 7) is 3.12. The third-order valence-corrected chi connectivity index (χ3v) is 4.64. The minimum atomic E-state index is 0.548. The minimum absolute atomic E-state index is 0.548. The molecule has 0 saturated carbocycles. The lowest BCUT2D eigenvalue weighted by Crippen LogP contribution is -2.33. The van der Waals surface area contributed by atoms with Gasteiger partial charge in [-0.15, -0.1) is 0 Å². The van der Waals surface area contributed by atoms with Crippen LogP contribution in [0.4, 0.5) is 0 Å². The molecule has 1 aliphatic heterocycles. The number of nitrogens with zero attached hydrogens (tertiary/aromatic N) is 5. The van der Waals surface area contributed by atoms with Crippen LogP contribution >= 0.6 is 0 Å². The third kappa shape index (κ3) is 2.39. The molecule has 0 spiro atoms. The van der Waals surface area contributed by atoms with Crippen LogP contribution in [0.5, 0.6) is 0 Å². The quantitative estimate of drug-likeness (QED) is 0.803. The van der Waals surface area contributed by atoms with Crippen molar-refractivity contribution in [3.05, 3.63) is 42.2 Å². The van der Waals surface area contributed by atoms with Gasteiger partial charge in [-0.05, 0) is 38.1 Å². The van der Waals surface area contributed by atoms with Gasteiger partial charge in [0.05, 0.1) is 6.54 Å². The van der Waals surface area contributed by atoms with Gasteiger partial charge in [-0.25, -0.2) is 9.97 Å². The Bertz CT molecular complexity index is 766. The largest absolute Gasteiger partial charge is 0.337 e. The number of rotatable bonds is 3. The van der Waals surface area contributed by atoms with Crippen molar-refractivity contribution in [1.82, 2.24) is 29.6 Å². The Balaban J connectivity index is 1.44. The molecule has 0 atom stereocenters. The Morgan fingerprint density at radius 3 is 2.86 bits per heavy atom. The molecule has 1 saturated heterocycles. The van der Waals surface area contributed by atoms with Crippen molar-refractivity contribution in [2.45, 2.75) is 25.3 Å². The van der Waals surface area contributed by atoms with Crippen LogP contribution in [0.1, 0.15) is 30.3 Å². The molecule has 1 aliphatic rings. The maximum absolute atomic E-state index is 4.42. The van der Waals surface area contributed by atoms with E-state index in [9.17, 15) is 0 Å². The molecular formula is C16H20N6. The fraction of sp³-hybridized carbons (Fsp3) is 0.438. The minimum Gasteiger partial charge on any atom is -0.337 e. The van der Waals surface area contributed by atoms with Gasteiger partial charge >= 0.3 is 0 Å². The summed E-state index contributed by atoms with van der Waals surface area (Å²) in [7, 11) is 2.05. The fourth-order valence-corrected chi connectivity index (χ4v) is 3.31. The van der Waals surface area contributed by atoms with Gasteiger partial charge < -0.3 is 4.57 Å². The maximum Gasteiger partial charge on any atom is 0.181 e. The number of H-pyrrole nitrogens is 1. The molecule has 3 aromatic rings. The third-order valence-electron chi connectivity index (χ3n) is 4.64. The number of nitrogens with one attached hydrogen (secondary N) is 1. The molecule has 6 nitrogen and oxygen atoms in total. The van der Waals surface area contributed by atoms with Crippen LogP contribution in [-0.2, 0) is 13.6 Å². The highest BCUT2D eigenvalue weighted by molar-refractivity contribution is 5.77. The first-order valence-electron chi connectivity index (χ1n) is 7.79. The lowest BCUT2D eigenvalue weighted by Gasteiger charge is -2.31. The van der Waals surface area contributed by atoms with Crippen LogP contribution in [0.25, 0.3) is 11.0 Å². The van der Waals surface area contributed by atoms with Crippen LogP contribution in [0.2, 0.25) is 0 Å². The van der Waals surface area contributed by atoms with E-state index in [4.69, 9.17) is 0 Å². The lowest BCUT2D eigenvalue weighted by atomic mass is 9.92. The van der Waals surface area contributed by atoms with E-state index < -0.39 is 0 Å². The molecule has 114 valence electrons. The summed E-state index contributed by atoms with van der Waals surface area (Å²) < 4.78 is 2.10. The number of fused-ring (bicyclic) bond motifs is 1. The van der Waals surface area contributed by atoms with E-state index in [1.807, 2.05) is 18.5 Å². The monoisotopic (exact) mass is 296 g/mol. The van der Waals surface area contributed by atoms with Gasteiger partial charge in [-0.3, -0.25) is 10.00 Å². The summed E-state index contributed by atoms with van der Waals surface area (Å²) in [6, 6.07) is 4.10. The van der Waals surface area contributed by atoms with Gasteiger partial charge in [0.1, 0.15) is 5.82 Å². The molecule has 1 fully saturated rings. The first kappa shape index (κ1) is 13.5. The second kappa shape index (κ2) is 5.53. The van der Waals surface area contributed by atoms with Gasteiger partial charge in [-0.2, -0.15) is 5.10 Å². The SMILES string of the molecule is Cn1ccnc1CN1CCC(c2[nH]nc3ncccc23)CC1. The van der Waals surface area contributed by atoms with E-state index in [2.05, 4.69) is 42.7 Å². The van der Waals surface area contributed by atoms with E-state index in [1.54, 1.807) is 6.20 Å². The van der Waals surface area contributed by atoms with Crippen LogP contribution in [0.3, 0.4) is 0 Å². The fourth-order valence-electron chi connectivity index (χ4n) is 3.31. The van der Waals surface area contributed by atoms with Crippen LogP contribution < -0.4 is 0 Å². The van der Waals surface area contributed by atoms with Crippen molar-refractivity contribution in [3.8, 4) is 0 Å². The second-order valence-corrected chi connectivity index (χ2v) is 6.02. The Morgan fingerprint density at radius 2 is 2.09 bits per heavy atom. The zero-order valence-corrected chi connectivity index (χ0v) is 12.7. The van der Waals surface area contributed by atoms with Crippen molar-refractivity contribution in [1.29, 1.82) is 0 Å². The summed E-state index contributed by atoms with van der Waals surface area (Å²) in [5, 5.41) is 8.70. The molecule has 0 radical (unpaired) electrons. The van der Waals surface area contributed by atoms with Gasteiger partial charge in [-0.1, -0.05) is 0 Å². The summed E-state index contributed by atoms with van der Waals surface area (Å²) in [6.07, 6.45) is 7.97. The first-order chi connectivity index (χ1) is 10.8. The predicted molar refractivity (Wildman–Crippen MR) is 84.3 cm³/mol. The highest BCUT2D eigenvalue weighted by Gasteiger charge is 2.24. The number of hydrogen-bond donors (Lipinski definition) is 1. The normalized spacial score (nSPS) is 17.3. The smallest absolute Gasteiger partial charge is 0.181 e. The van der Waals surface area contributed by atoms with E-state index in [1.165, 1.54) is 11.1 Å². The Kier molecular flexibility index (Phi) is 3.38. The summed E-state index contributed by atoms with van der Waals surface area (Å²) >= 11 is 0. The maximum atomic E-state index is 4.42. The molecule has 4 heterocycles. The molecule has 0 aliphatic carbocycles. The average molecular weight is 296 g/mol. The van der Waals surface area contributed by atoms with Gasteiger partial charge in [0.25, 0.3) is 0 Å². The zero-order valence-electron chi connectivity index (χ0n) is 12.7. The van der Waals surface area contributed by atoms with Crippen molar-refractivity contribution < 1.29 is 0 Å². The average Bonchev–Trinajstić information content (AvgIpc) is 3.15. The number of hydrogen-bond acceptors (Lipinski definition) is 4. The molecule has 0 amide bonds. The highest BCUT2D eigenvalue weighted by atomic mass is 15.2. The Hall–Kier alpha value is -2.21. The summed E-state index contributed by atoms with van der Waals surface area (Å²) in [4.78, 5) is 11.2. The molecule has 4 rings (SSSR count). The number of aromatic nitrogens is 5. The molecule has 0 bridgehead atoms. The standard InChI is InChI=1S/C16H20N6/c1-21-10-7-17-14(21)11-22-8-4-12(5-9-22)15-13-3-2-6-18-16(13)20-19-15/h2-3,6-7,10,12H,4-5,8-9,11H2,1H3,(H,18,19,20). The summed E-state index contributed by atoms with van der Waals surface area (Å²) in [5.74, 6) is 1.68. The number of piperidine rings is 1. The molecule has 3 aromatic heterocycles. The van der Waals surface area contributed by atoms with Crippen molar-refractivity contribution in [3.63, 3.8) is 0 Å². The summed E-state index contributed by atoms with van der Waals surface area (Å²) in [5.41, 5.74) is 2.08. The van der Waals surface area contributed by atoms with Crippen molar-refractivity contribution in [2.75, 3.05) is 13.1 Å². The Morgan fingerprint density at radius 1 is 1.23 bits per heavy atom. The predicted octanol–water partition coefficient (Wildman–Crippen LogP) is 2.07. The number of aromatic amines is 1. The van der Waals surface area contributed by atoms with E-state index in [0.29, 0.717) is 5.92 Å².